The molecule has 0 aliphatic carbocycles. The number of aromatic nitrogens is 1. The molecular weight excluding hydrogens is 408 g/mol. The number of nitrogens with zero attached hydrogens (tertiary/aromatic N) is 1. The van der Waals surface area contributed by atoms with Crippen LogP contribution in [0.2, 0.25) is 0 Å². The number of rotatable bonds is 4. The van der Waals surface area contributed by atoms with Gasteiger partial charge in [-0.05, 0) is 29.7 Å². The van der Waals surface area contributed by atoms with Gasteiger partial charge in [0.2, 0.25) is 0 Å². The molecule has 0 saturated carbocycles. The molecule has 7 heteroatoms. The maximum absolute atomic E-state index is 14.5. The Morgan fingerprint density at radius 2 is 2.11 bits per heavy atom. The smallest absolute Gasteiger partial charge is 0.129 e. The first-order valence-electron chi connectivity index (χ1n) is 8.45. The molecule has 3 heterocycles. The molecule has 2 aromatic rings. The Labute approximate surface area is 169 Å². The molecule has 1 N–H and O–H groups in total. The van der Waals surface area contributed by atoms with Gasteiger partial charge in [-0.2, -0.15) is 0 Å². The second-order valence-corrected chi connectivity index (χ2v) is 9.40. The van der Waals surface area contributed by atoms with Gasteiger partial charge in [0.05, 0.1) is 4.71 Å². The zero-order chi connectivity index (χ0) is 19.0. The lowest BCUT2D eigenvalue weighted by Crippen LogP contribution is -2.12. The molecule has 4 rings (SSSR count). The number of thioether (sulfide) groups is 2. The summed E-state index contributed by atoms with van der Waals surface area (Å²) in [5, 5.41) is 11.1. The predicted molar refractivity (Wildman–Crippen MR) is 108 cm³/mol. The highest BCUT2D eigenvalue weighted by Crippen LogP contribution is 2.54. The number of halogens is 3. The Morgan fingerprint density at radius 1 is 1.26 bits per heavy atom. The minimum Gasteiger partial charge on any atom is -0.384 e. The molecule has 0 radical (unpaired) electrons. The minimum atomic E-state index is -0.922. The Kier molecular flexibility index (Phi) is 5.60. The van der Waals surface area contributed by atoms with Crippen LogP contribution in [0, 0.1) is 11.6 Å². The highest BCUT2D eigenvalue weighted by molar-refractivity contribution is 8.09. The normalized spacial score (nSPS) is 23.6. The minimum absolute atomic E-state index is 0.0357. The number of pyridine rings is 1. The van der Waals surface area contributed by atoms with E-state index < -0.39 is 17.7 Å². The molecular formula is C20H16ClF2NOS2. The van der Waals surface area contributed by atoms with Crippen molar-refractivity contribution in [2.24, 2.45) is 0 Å². The summed E-state index contributed by atoms with van der Waals surface area (Å²) in [6.45, 7) is 0. The molecule has 0 saturated heterocycles. The Balaban J connectivity index is 1.81. The van der Waals surface area contributed by atoms with Gasteiger partial charge in [0, 0.05) is 45.5 Å². The molecule has 0 amide bonds. The summed E-state index contributed by atoms with van der Waals surface area (Å²) < 4.78 is 27.8. The summed E-state index contributed by atoms with van der Waals surface area (Å²) in [6, 6.07) is 7.17. The summed E-state index contributed by atoms with van der Waals surface area (Å²) in [6.07, 6.45) is 5.13. The van der Waals surface area contributed by atoms with Crippen molar-refractivity contribution in [3.8, 4) is 0 Å². The number of alkyl halides is 1. The van der Waals surface area contributed by atoms with Crippen molar-refractivity contribution < 1.29 is 13.9 Å². The summed E-state index contributed by atoms with van der Waals surface area (Å²) in [5.74, 6) is -0.979. The molecule has 1 aromatic carbocycles. The van der Waals surface area contributed by atoms with Crippen LogP contribution in [-0.4, -0.2) is 20.6 Å². The van der Waals surface area contributed by atoms with Crippen LogP contribution in [-0.2, 0) is 0 Å². The number of benzene rings is 1. The van der Waals surface area contributed by atoms with E-state index in [0.29, 0.717) is 16.9 Å². The van der Waals surface area contributed by atoms with Crippen LogP contribution in [0.5, 0.6) is 0 Å². The Bertz CT molecular complexity index is 919. The zero-order valence-corrected chi connectivity index (χ0v) is 16.5. The summed E-state index contributed by atoms with van der Waals surface area (Å²) in [7, 11) is 0. The third kappa shape index (κ3) is 3.81. The Hall–Kier alpha value is -1.34. The van der Waals surface area contributed by atoms with E-state index >= 15 is 0 Å². The summed E-state index contributed by atoms with van der Waals surface area (Å²) in [4.78, 5) is 6.04. The lowest BCUT2D eigenvalue weighted by atomic mass is 9.86. The maximum atomic E-state index is 14.5. The van der Waals surface area contributed by atoms with Crippen LogP contribution in [0.15, 0.2) is 64.2 Å². The number of allylic oxidation sites excluding steroid dienone is 1. The monoisotopic (exact) mass is 423 g/mol. The second kappa shape index (κ2) is 7.95. The fourth-order valence-corrected chi connectivity index (χ4v) is 6.29. The molecule has 0 bridgehead atoms. The molecule has 0 spiro atoms. The van der Waals surface area contributed by atoms with Crippen molar-refractivity contribution in [2.75, 3.05) is 5.75 Å². The van der Waals surface area contributed by atoms with E-state index in [1.165, 1.54) is 12.1 Å². The lowest BCUT2D eigenvalue weighted by Gasteiger charge is -2.22. The summed E-state index contributed by atoms with van der Waals surface area (Å²) in [5.41, 5.74) is 1.76. The topological polar surface area (TPSA) is 33.1 Å². The SMILES string of the molecule is OC(C1=C(C2=CCC(Cl)S2)SCC1c1ccc(F)cc1F)c1cccnc1. The van der Waals surface area contributed by atoms with E-state index in [1.54, 1.807) is 48.1 Å². The van der Waals surface area contributed by atoms with Crippen LogP contribution in [0.4, 0.5) is 8.78 Å². The van der Waals surface area contributed by atoms with Crippen molar-refractivity contribution in [3.63, 3.8) is 0 Å². The van der Waals surface area contributed by atoms with Gasteiger partial charge in [-0.3, -0.25) is 4.98 Å². The van der Waals surface area contributed by atoms with Gasteiger partial charge in [0.15, 0.2) is 0 Å². The average molecular weight is 424 g/mol. The number of aliphatic hydroxyl groups excluding tert-OH is 1. The van der Waals surface area contributed by atoms with Gasteiger partial charge in [-0.1, -0.05) is 18.2 Å². The quantitative estimate of drug-likeness (QED) is 0.633. The standard InChI is InChI=1S/C20H16ClF2NOS2/c21-17-6-5-16(27-17)20-18(19(25)11-2-1-7-24-9-11)14(10-26-20)13-4-3-12(22)8-15(13)23/h1-5,7-9,14,17,19,25H,6,10H2. The molecule has 2 aliphatic heterocycles. The lowest BCUT2D eigenvalue weighted by molar-refractivity contribution is 0.208. The number of hydrogen-bond donors (Lipinski definition) is 1. The first kappa shape index (κ1) is 19.0. The van der Waals surface area contributed by atoms with E-state index in [0.717, 1.165) is 27.9 Å². The molecule has 2 nitrogen and oxygen atoms in total. The number of hydrogen-bond acceptors (Lipinski definition) is 4. The fourth-order valence-electron chi connectivity index (χ4n) is 3.36. The molecule has 2 aliphatic rings. The van der Waals surface area contributed by atoms with Gasteiger partial charge in [-0.25, -0.2) is 8.78 Å². The molecule has 1 aromatic heterocycles. The van der Waals surface area contributed by atoms with Crippen molar-refractivity contribution >= 4 is 35.1 Å². The number of aliphatic hydroxyl groups is 1. The van der Waals surface area contributed by atoms with Crippen LogP contribution < -0.4 is 0 Å². The summed E-state index contributed by atoms with van der Waals surface area (Å²) >= 11 is 9.36. The van der Waals surface area contributed by atoms with Gasteiger partial charge >= 0.3 is 0 Å². The highest BCUT2D eigenvalue weighted by atomic mass is 35.5. The van der Waals surface area contributed by atoms with Crippen LogP contribution in [0.3, 0.4) is 0 Å². The van der Waals surface area contributed by atoms with E-state index in [4.69, 9.17) is 11.6 Å². The molecule has 27 heavy (non-hydrogen) atoms. The van der Waals surface area contributed by atoms with E-state index in [1.807, 2.05) is 0 Å². The largest absolute Gasteiger partial charge is 0.384 e. The molecule has 0 fully saturated rings. The van der Waals surface area contributed by atoms with Crippen molar-refractivity contribution in [3.05, 3.63) is 86.9 Å². The zero-order valence-electron chi connectivity index (χ0n) is 14.1. The highest BCUT2D eigenvalue weighted by Gasteiger charge is 2.37. The van der Waals surface area contributed by atoms with Crippen molar-refractivity contribution in [1.29, 1.82) is 0 Å². The molecule has 3 atom stereocenters. The van der Waals surface area contributed by atoms with Gasteiger partial charge in [0.1, 0.15) is 17.7 Å². The van der Waals surface area contributed by atoms with E-state index in [2.05, 4.69) is 11.1 Å². The van der Waals surface area contributed by atoms with Gasteiger partial charge in [0.25, 0.3) is 0 Å². The second-order valence-electron chi connectivity index (χ2n) is 6.33. The first-order valence-corrected chi connectivity index (χ1v) is 10.8. The van der Waals surface area contributed by atoms with E-state index in [9.17, 15) is 13.9 Å². The third-order valence-corrected chi connectivity index (χ3v) is 7.52. The van der Waals surface area contributed by atoms with Crippen LogP contribution >= 0.6 is 35.1 Å². The van der Waals surface area contributed by atoms with Crippen molar-refractivity contribution in [2.45, 2.75) is 23.2 Å². The van der Waals surface area contributed by atoms with Gasteiger partial charge in [-0.15, -0.1) is 35.1 Å². The average Bonchev–Trinajstić information content (AvgIpc) is 3.28. The molecule has 3 unspecified atom stereocenters. The predicted octanol–water partition coefficient (Wildman–Crippen LogP) is 5.76. The fraction of sp³-hybridized carbons (Fsp3) is 0.250. The van der Waals surface area contributed by atoms with Crippen LogP contribution in [0.1, 0.15) is 29.6 Å². The van der Waals surface area contributed by atoms with Crippen LogP contribution in [0.25, 0.3) is 0 Å². The van der Waals surface area contributed by atoms with Gasteiger partial charge < -0.3 is 5.11 Å². The molecule has 140 valence electrons. The maximum Gasteiger partial charge on any atom is 0.129 e. The first-order chi connectivity index (χ1) is 13.0. The van der Waals surface area contributed by atoms with Crippen molar-refractivity contribution in [1.82, 2.24) is 4.98 Å². The third-order valence-electron chi connectivity index (χ3n) is 4.63. The van der Waals surface area contributed by atoms with E-state index in [-0.39, 0.29) is 10.6 Å². The Morgan fingerprint density at radius 3 is 2.78 bits per heavy atom.